The molecule has 1 atom stereocenters. The number of oxazole rings is 1. The van der Waals surface area contributed by atoms with E-state index < -0.39 is 17.6 Å². The van der Waals surface area contributed by atoms with E-state index in [2.05, 4.69) is 14.6 Å². The number of likely N-dealkylation sites (tertiary alicyclic amines) is 1. The Morgan fingerprint density at radius 3 is 2.70 bits per heavy atom. The van der Waals surface area contributed by atoms with Crippen molar-refractivity contribution >= 4 is 12.4 Å². The first-order valence-corrected chi connectivity index (χ1v) is 8.23. The number of benzene rings is 1. The van der Waals surface area contributed by atoms with Gasteiger partial charge in [0, 0.05) is 12.6 Å². The van der Waals surface area contributed by atoms with Gasteiger partial charge in [0.15, 0.2) is 5.69 Å². The average molecular weight is 382 g/mol. The molecule has 2 aromatic rings. The van der Waals surface area contributed by atoms with Crippen molar-refractivity contribution in [2.24, 2.45) is 5.92 Å². The highest BCUT2D eigenvalue weighted by Crippen LogP contribution is 2.23. The van der Waals surface area contributed by atoms with Crippen molar-refractivity contribution in [3.8, 4) is 0 Å². The second-order valence-corrected chi connectivity index (χ2v) is 6.10. The zero-order chi connectivity index (χ0) is 19.8. The lowest BCUT2D eigenvalue weighted by molar-refractivity contribution is -0.122. The first-order valence-electron chi connectivity index (χ1n) is 8.23. The van der Waals surface area contributed by atoms with Gasteiger partial charge < -0.3 is 14.3 Å². The summed E-state index contributed by atoms with van der Waals surface area (Å²) in [5, 5.41) is 6.89. The first-order chi connectivity index (χ1) is 12.9. The van der Waals surface area contributed by atoms with Crippen molar-refractivity contribution in [2.45, 2.75) is 19.4 Å². The smallest absolute Gasteiger partial charge is 0.360 e. The predicted octanol–water partition coefficient (Wildman–Crippen LogP) is 2.50. The summed E-state index contributed by atoms with van der Waals surface area (Å²) in [6.07, 6.45) is 2.84. The van der Waals surface area contributed by atoms with Crippen LogP contribution in [0.5, 0.6) is 0 Å². The third-order valence-corrected chi connectivity index (χ3v) is 4.12. The van der Waals surface area contributed by atoms with E-state index in [0.717, 1.165) is 25.6 Å². The largest absolute Gasteiger partial charge is 0.483 e. The van der Waals surface area contributed by atoms with E-state index in [1.165, 1.54) is 25.5 Å². The lowest BCUT2D eigenvalue weighted by Crippen LogP contribution is -2.21. The summed E-state index contributed by atoms with van der Waals surface area (Å²) < 4.78 is 36.4. The molecule has 0 spiro atoms. The van der Waals surface area contributed by atoms with Crippen molar-refractivity contribution in [3.63, 3.8) is 0 Å². The fraction of sp³-hybridized carbons (Fsp3) is 0.389. The number of hydrogen-bond donors (Lipinski definition) is 1. The highest BCUT2D eigenvalue weighted by Gasteiger charge is 2.24. The number of esters is 1. The number of hydrogen-bond acceptors (Lipinski definition) is 6. The second-order valence-electron chi connectivity index (χ2n) is 6.10. The second kappa shape index (κ2) is 9.77. The van der Waals surface area contributed by atoms with Gasteiger partial charge in [0.2, 0.25) is 5.89 Å². The Morgan fingerprint density at radius 1 is 1.41 bits per heavy atom. The lowest BCUT2D eigenvalue weighted by atomic mass is 9.98. The zero-order valence-electron chi connectivity index (χ0n) is 14.7. The van der Waals surface area contributed by atoms with Crippen molar-refractivity contribution in [3.05, 3.63) is 53.2 Å². The Balaban J connectivity index is 0.000000817. The number of methoxy groups -OCH3 is 1. The molecule has 9 heteroatoms. The number of halogens is 2. The van der Waals surface area contributed by atoms with E-state index in [-0.39, 0.29) is 12.2 Å². The molecule has 1 unspecified atom stereocenters. The Morgan fingerprint density at radius 2 is 2.07 bits per heavy atom. The molecule has 1 aromatic heterocycles. The molecule has 0 saturated carbocycles. The van der Waals surface area contributed by atoms with Gasteiger partial charge in [-0.15, -0.1) is 0 Å². The summed E-state index contributed by atoms with van der Waals surface area (Å²) in [4.78, 5) is 26.0. The summed E-state index contributed by atoms with van der Waals surface area (Å²) in [5.74, 6) is -0.850. The molecule has 1 aliphatic heterocycles. The van der Waals surface area contributed by atoms with Crippen LogP contribution in [0.2, 0.25) is 0 Å². The molecular formula is C18H20F2N2O5. The van der Waals surface area contributed by atoms with Gasteiger partial charge in [-0.25, -0.2) is 18.6 Å². The molecule has 1 N–H and O–H groups in total. The summed E-state index contributed by atoms with van der Waals surface area (Å²) in [7, 11) is 1.29. The topological polar surface area (TPSA) is 92.9 Å². The van der Waals surface area contributed by atoms with E-state index in [1.807, 2.05) is 0 Å². The number of aromatic nitrogens is 1. The molecule has 0 amide bonds. The number of rotatable bonds is 5. The van der Waals surface area contributed by atoms with Crippen molar-refractivity contribution in [2.75, 3.05) is 20.2 Å². The highest BCUT2D eigenvalue weighted by molar-refractivity contribution is 5.86. The summed E-state index contributed by atoms with van der Waals surface area (Å²) in [5.41, 5.74) is 0.821. The van der Waals surface area contributed by atoms with E-state index in [1.54, 1.807) is 0 Å². The van der Waals surface area contributed by atoms with Gasteiger partial charge in [-0.2, -0.15) is 0 Å². The molecular weight excluding hydrogens is 362 g/mol. The molecule has 1 fully saturated rings. The van der Waals surface area contributed by atoms with Crippen LogP contribution >= 0.6 is 0 Å². The number of ether oxygens (including phenoxy) is 1. The zero-order valence-corrected chi connectivity index (χ0v) is 14.7. The molecule has 1 aromatic carbocycles. The van der Waals surface area contributed by atoms with Crippen LogP contribution in [0.4, 0.5) is 8.78 Å². The molecule has 7 nitrogen and oxygen atoms in total. The summed E-state index contributed by atoms with van der Waals surface area (Å²) in [6.45, 7) is 1.87. The molecule has 0 bridgehead atoms. The van der Waals surface area contributed by atoms with Crippen LogP contribution in [-0.4, -0.2) is 47.6 Å². The van der Waals surface area contributed by atoms with Crippen LogP contribution in [0.25, 0.3) is 0 Å². The third-order valence-electron chi connectivity index (χ3n) is 4.12. The van der Waals surface area contributed by atoms with Crippen molar-refractivity contribution in [1.29, 1.82) is 0 Å². The number of carbonyl (C=O) groups excluding carboxylic acids is 1. The SMILES string of the molecule is COC(=O)c1coc(CN2CCC(Cc3cc(F)cc(F)c3)C2)n1.O=CO. The number of carboxylic acid groups (broad SMARTS) is 1. The van der Waals surface area contributed by atoms with Crippen molar-refractivity contribution < 1.29 is 32.6 Å². The van der Waals surface area contributed by atoms with Crippen LogP contribution < -0.4 is 0 Å². The van der Waals surface area contributed by atoms with Crippen LogP contribution in [-0.2, 0) is 22.5 Å². The number of nitrogens with zero attached hydrogens (tertiary/aromatic N) is 2. The van der Waals surface area contributed by atoms with E-state index in [9.17, 15) is 13.6 Å². The maximum absolute atomic E-state index is 13.3. The fourth-order valence-electron chi connectivity index (χ4n) is 3.06. The minimum absolute atomic E-state index is 0.151. The van der Waals surface area contributed by atoms with Crippen LogP contribution in [0, 0.1) is 17.6 Å². The Kier molecular flexibility index (Phi) is 7.42. The molecule has 146 valence electrons. The van der Waals surface area contributed by atoms with Crippen molar-refractivity contribution in [1.82, 2.24) is 9.88 Å². The molecule has 1 aliphatic rings. The van der Waals surface area contributed by atoms with E-state index >= 15 is 0 Å². The Hall–Kier alpha value is -2.81. The molecule has 0 radical (unpaired) electrons. The quantitative estimate of drug-likeness (QED) is 0.627. The highest BCUT2D eigenvalue weighted by atomic mass is 19.1. The van der Waals surface area contributed by atoms with Gasteiger partial charge in [-0.1, -0.05) is 0 Å². The van der Waals surface area contributed by atoms with Gasteiger partial charge >= 0.3 is 5.97 Å². The normalized spacial score (nSPS) is 16.5. The molecule has 27 heavy (non-hydrogen) atoms. The molecule has 1 saturated heterocycles. The standard InChI is InChI=1S/C17H18F2N2O3.CH2O2/c1-23-17(22)15-10-24-16(20-15)9-21-3-2-11(8-21)4-12-5-13(18)7-14(19)6-12;2-1-3/h5-7,10-11H,2-4,8-9H2,1H3;1H,(H,2,3). The molecule has 3 rings (SSSR count). The molecule has 2 heterocycles. The van der Waals surface area contributed by atoms with Gasteiger partial charge in [0.05, 0.1) is 13.7 Å². The van der Waals surface area contributed by atoms with Crippen LogP contribution in [0.3, 0.4) is 0 Å². The third kappa shape index (κ3) is 6.14. The fourth-order valence-corrected chi connectivity index (χ4v) is 3.06. The maximum atomic E-state index is 13.3. The van der Waals surface area contributed by atoms with E-state index in [4.69, 9.17) is 14.3 Å². The van der Waals surface area contributed by atoms with Gasteiger partial charge in [-0.05, 0) is 43.0 Å². The first kappa shape index (κ1) is 20.5. The molecule has 0 aliphatic carbocycles. The lowest BCUT2D eigenvalue weighted by Gasteiger charge is -2.14. The summed E-state index contributed by atoms with van der Waals surface area (Å²) >= 11 is 0. The minimum atomic E-state index is -0.546. The Bertz CT molecular complexity index is 761. The van der Waals surface area contributed by atoms with Crippen LogP contribution in [0.15, 0.2) is 28.9 Å². The minimum Gasteiger partial charge on any atom is -0.483 e. The maximum Gasteiger partial charge on any atom is 0.360 e. The monoisotopic (exact) mass is 382 g/mol. The van der Waals surface area contributed by atoms with Gasteiger partial charge in [0.25, 0.3) is 6.47 Å². The average Bonchev–Trinajstić information content (AvgIpc) is 3.24. The number of carbonyl (C=O) groups is 2. The summed E-state index contributed by atoms with van der Waals surface area (Å²) in [6, 6.07) is 3.64. The Labute approximate surface area is 154 Å². The van der Waals surface area contributed by atoms with Gasteiger partial charge in [0.1, 0.15) is 17.9 Å². The van der Waals surface area contributed by atoms with E-state index in [0.29, 0.717) is 30.3 Å². The predicted molar refractivity (Wildman–Crippen MR) is 90.0 cm³/mol. The van der Waals surface area contributed by atoms with Gasteiger partial charge in [-0.3, -0.25) is 9.69 Å². The van der Waals surface area contributed by atoms with Crippen LogP contribution in [0.1, 0.15) is 28.4 Å².